The van der Waals surface area contributed by atoms with Gasteiger partial charge in [0.25, 0.3) is 5.91 Å². The zero-order valence-corrected chi connectivity index (χ0v) is 15.8. The van der Waals surface area contributed by atoms with E-state index in [9.17, 15) is 4.79 Å². The second-order valence-corrected chi connectivity index (χ2v) is 6.92. The van der Waals surface area contributed by atoms with Gasteiger partial charge >= 0.3 is 0 Å². The van der Waals surface area contributed by atoms with Gasteiger partial charge in [-0.05, 0) is 43.2 Å². The van der Waals surface area contributed by atoms with E-state index >= 15 is 0 Å². The van der Waals surface area contributed by atoms with Crippen molar-refractivity contribution < 1.29 is 9.53 Å². The van der Waals surface area contributed by atoms with E-state index in [1.807, 2.05) is 41.4 Å². The second-order valence-electron chi connectivity index (χ2n) is 6.92. The number of methoxy groups -OCH3 is 1. The van der Waals surface area contributed by atoms with Gasteiger partial charge in [-0.25, -0.2) is 9.97 Å². The fraction of sp³-hybridized carbons (Fsp3) is 0.381. The molecule has 2 aromatic heterocycles. The molecule has 3 aromatic rings. The highest BCUT2D eigenvalue weighted by Crippen LogP contribution is 2.29. The predicted octanol–water partition coefficient (Wildman–Crippen LogP) is 3.48. The topological polar surface area (TPSA) is 60.2 Å². The molecule has 4 rings (SSSR count). The van der Waals surface area contributed by atoms with Crippen molar-refractivity contribution in [3.8, 4) is 5.75 Å². The molecule has 1 atom stereocenters. The normalized spacial score (nSPS) is 16.8. The summed E-state index contributed by atoms with van der Waals surface area (Å²) < 4.78 is 7.49. The summed E-state index contributed by atoms with van der Waals surface area (Å²) in [7, 11) is 1.61. The molecule has 0 radical (unpaired) electrons. The van der Waals surface area contributed by atoms with Crippen LogP contribution in [-0.2, 0) is 6.42 Å². The summed E-state index contributed by atoms with van der Waals surface area (Å²) in [5.41, 5.74) is 2.51. The summed E-state index contributed by atoms with van der Waals surface area (Å²) >= 11 is 0. The van der Waals surface area contributed by atoms with Crippen LogP contribution in [0.4, 0.5) is 0 Å². The molecule has 0 aliphatic carbocycles. The number of ether oxygens (including phenoxy) is 1. The number of hydrogen-bond donors (Lipinski definition) is 0. The Morgan fingerprint density at radius 1 is 1.30 bits per heavy atom. The third kappa shape index (κ3) is 3.27. The molecule has 0 N–H and O–H groups in total. The number of imidazole rings is 1. The van der Waals surface area contributed by atoms with Crippen LogP contribution >= 0.6 is 0 Å². The lowest BCUT2D eigenvalue weighted by Gasteiger charge is -2.19. The van der Waals surface area contributed by atoms with E-state index in [1.54, 1.807) is 13.2 Å². The van der Waals surface area contributed by atoms with Crippen molar-refractivity contribution in [2.45, 2.75) is 32.2 Å². The molecule has 1 aromatic carbocycles. The van der Waals surface area contributed by atoms with Gasteiger partial charge in [0.05, 0.1) is 13.2 Å². The molecule has 1 amide bonds. The molecule has 0 spiro atoms. The number of pyridine rings is 1. The van der Waals surface area contributed by atoms with Gasteiger partial charge in [0.2, 0.25) is 0 Å². The number of carbonyl (C=O) groups excluding carboxylic acids is 1. The molecular weight excluding hydrogens is 340 g/mol. The number of aromatic nitrogens is 3. The van der Waals surface area contributed by atoms with Gasteiger partial charge in [0, 0.05) is 31.3 Å². The number of nitrogens with zero attached hydrogens (tertiary/aromatic N) is 4. The first kappa shape index (κ1) is 17.5. The molecule has 6 nitrogen and oxygen atoms in total. The van der Waals surface area contributed by atoms with Crippen molar-refractivity contribution in [1.82, 2.24) is 19.4 Å². The van der Waals surface area contributed by atoms with E-state index in [2.05, 4.69) is 16.5 Å². The zero-order chi connectivity index (χ0) is 18.8. The first-order valence-electron chi connectivity index (χ1n) is 9.46. The predicted molar refractivity (Wildman–Crippen MR) is 104 cm³/mol. The Hall–Kier alpha value is -2.89. The second kappa shape index (κ2) is 7.39. The first-order chi connectivity index (χ1) is 13.2. The first-order valence-corrected chi connectivity index (χ1v) is 9.46. The smallest absolute Gasteiger partial charge is 0.254 e. The average Bonchev–Trinajstić information content (AvgIpc) is 3.32. The molecule has 0 unspecified atom stereocenters. The molecular formula is C21H24N4O2. The van der Waals surface area contributed by atoms with Gasteiger partial charge in [0.15, 0.2) is 5.65 Å². The Morgan fingerprint density at radius 3 is 3.00 bits per heavy atom. The van der Waals surface area contributed by atoms with Gasteiger partial charge in [-0.2, -0.15) is 0 Å². The molecule has 27 heavy (non-hydrogen) atoms. The largest absolute Gasteiger partial charge is 0.497 e. The number of hydrogen-bond acceptors (Lipinski definition) is 4. The summed E-state index contributed by atoms with van der Waals surface area (Å²) in [6, 6.07) is 11.5. The van der Waals surface area contributed by atoms with Crippen molar-refractivity contribution in [3.63, 3.8) is 0 Å². The Bertz CT molecular complexity index is 966. The van der Waals surface area contributed by atoms with E-state index in [-0.39, 0.29) is 11.9 Å². The third-order valence-corrected chi connectivity index (χ3v) is 5.13. The number of aryl methyl sites for hydroxylation is 1. The summed E-state index contributed by atoms with van der Waals surface area (Å²) in [5.74, 6) is 1.81. The lowest BCUT2D eigenvalue weighted by Crippen LogP contribution is -2.29. The summed E-state index contributed by atoms with van der Waals surface area (Å²) in [6.45, 7) is 3.57. The molecule has 140 valence electrons. The zero-order valence-electron chi connectivity index (χ0n) is 15.8. The Balaban J connectivity index is 1.60. The minimum Gasteiger partial charge on any atom is -0.497 e. The van der Waals surface area contributed by atoms with Crippen LogP contribution in [0, 0.1) is 0 Å². The molecule has 3 heterocycles. The maximum absolute atomic E-state index is 12.9. The molecule has 1 fully saturated rings. The Morgan fingerprint density at radius 2 is 2.19 bits per heavy atom. The lowest BCUT2D eigenvalue weighted by atomic mass is 10.2. The van der Waals surface area contributed by atoms with Crippen LogP contribution in [0.5, 0.6) is 5.75 Å². The SMILES string of the molecule is CCCc1nc2cccnc2n1[C@H]1CCN(C(=O)c2cccc(OC)c2)C1. The van der Waals surface area contributed by atoms with Crippen molar-refractivity contribution in [2.75, 3.05) is 20.2 Å². The fourth-order valence-electron chi connectivity index (χ4n) is 3.84. The van der Waals surface area contributed by atoms with E-state index in [0.29, 0.717) is 17.9 Å². The lowest BCUT2D eigenvalue weighted by molar-refractivity contribution is 0.0787. The van der Waals surface area contributed by atoms with Crippen LogP contribution in [0.2, 0.25) is 0 Å². The van der Waals surface area contributed by atoms with Crippen LogP contribution in [0.3, 0.4) is 0 Å². The average molecular weight is 364 g/mol. The third-order valence-electron chi connectivity index (χ3n) is 5.13. The quantitative estimate of drug-likeness (QED) is 0.695. The highest BCUT2D eigenvalue weighted by atomic mass is 16.5. The summed E-state index contributed by atoms with van der Waals surface area (Å²) in [5, 5.41) is 0. The number of likely N-dealkylation sites (tertiary alicyclic amines) is 1. The number of fused-ring (bicyclic) bond motifs is 1. The molecule has 1 saturated heterocycles. The number of benzene rings is 1. The van der Waals surface area contributed by atoms with Crippen molar-refractivity contribution in [1.29, 1.82) is 0 Å². The number of carbonyl (C=O) groups is 1. The van der Waals surface area contributed by atoms with Crippen LogP contribution in [0.25, 0.3) is 11.2 Å². The van der Waals surface area contributed by atoms with E-state index in [0.717, 1.165) is 42.8 Å². The minimum atomic E-state index is 0.0471. The van der Waals surface area contributed by atoms with E-state index < -0.39 is 0 Å². The van der Waals surface area contributed by atoms with Crippen LogP contribution in [-0.4, -0.2) is 45.5 Å². The Labute approximate surface area is 158 Å². The van der Waals surface area contributed by atoms with Crippen LogP contribution < -0.4 is 4.74 Å². The molecule has 6 heteroatoms. The van der Waals surface area contributed by atoms with Crippen LogP contribution in [0.15, 0.2) is 42.6 Å². The molecule has 1 aliphatic rings. The van der Waals surface area contributed by atoms with Crippen molar-refractivity contribution >= 4 is 17.1 Å². The van der Waals surface area contributed by atoms with E-state index in [4.69, 9.17) is 9.72 Å². The molecule has 0 bridgehead atoms. The number of amides is 1. The number of rotatable bonds is 5. The summed E-state index contributed by atoms with van der Waals surface area (Å²) in [6.07, 6.45) is 4.66. The van der Waals surface area contributed by atoms with Crippen LogP contribution in [0.1, 0.15) is 42.0 Å². The standard InChI is InChI=1S/C21H24N4O2/c1-3-6-19-23-18-9-5-11-22-20(18)25(19)16-10-12-24(14-16)21(26)15-7-4-8-17(13-15)27-2/h4-5,7-9,11,13,16H,3,6,10,12,14H2,1-2H3/t16-/m0/s1. The molecule has 0 saturated carbocycles. The molecule has 1 aliphatic heterocycles. The van der Waals surface area contributed by atoms with Gasteiger partial charge < -0.3 is 14.2 Å². The maximum Gasteiger partial charge on any atom is 0.254 e. The fourth-order valence-corrected chi connectivity index (χ4v) is 3.84. The Kier molecular flexibility index (Phi) is 4.79. The van der Waals surface area contributed by atoms with E-state index in [1.165, 1.54) is 0 Å². The van der Waals surface area contributed by atoms with Crippen molar-refractivity contribution in [3.05, 3.63) is 54.0 Å². The highest BCUT2D eigenvalue weighted by molar-refractivity contribution is 5.94. The van der Waals surface area contributed by atoms with Crippen molar-refractivity contribution in [2.24, 2.45) is 0 Å². The van der Waals surface area contributed by atoms with Gasteiger partial charge in [-0.15, -0.1) is 0 Å². The van der Waals surface area contributed by atoms with Gasteiger partial charge in [-0.1, -0.05) is 13.0 Å². The van der Waals surface area contributed by atoms with Gasteiger partial charge in [0.1, 0.15) is 17.1 Å². The summed E-state index contributed by atoms with van der Waals surface area (Å²) in [4.78, 5) is 24.2. The maximum atomic E-state index is 12.9. The monoisotopic (exact) mass is 364 g/mol. The van der Waals surface area contributed by atoms with Gasteiger partial charge in [-0.3, -0.25) is 4.79 Å². The minimum absolute atomic E-state index is 0.0471. The highest BCUT2D eigenvalue weighted by Gasteiger charge is 2.30.